The Morgan fingerprint density at radius 1 is 0.941 bits per heavy atom. The van der Waals surface area contributed by atoms with Crippen molar-refractivity contribution in [2.24, 2.45) is 0 Å². The number of rotatable bonds is 5. The fraction of sp³-hybridized carbons (Fsp3) is 0.600. The van der Waals surface area contributed by atoms with Crippen LogP contribution in [0.2, 0.25) is 0 Å². The molecule has 0 amide bonds. The number of phenolic OH excluding ortho intramolecular Hbond substituents is 1. The Bertz CT molecular complexity index is 395. The molecule has 96 valence electrons. The minimum absolute atomic E-state index is 0.450. The molecule has 0 aromatic heterocycles. The first-order chi connectivity index (χ1) is 8.08. The number of ether oxygens (including phenoxy) is 1. The Hall–Kier alpha value is -1.18. The van der Waals surface area contributed by atoms with E-state index >= 15 is 0 Å². The average Bonchev–Trinajstić information content (AvgIpc) is 2.34. The molecule has 1 aromatic rings. The van der Waals surface area contributed by atoms with Crippen LogP contribution in [-0.4, -0.2) is 11.7 Å². The maximum Gasteiger partial charge on any atom is 0.126 e. The molecule has 0 unspecified atom stereocenters. The van der Waals surface area contributed by atoms with E-state index in [1.807, 2.05) is 13.8 Å². The molecule has 0 fully saturated rings. The van der Waals surface area contributed by atoms with Gasteiger partial charge < -0.3 is 9.84 Å². The number of phenols is 1. The minimum atomic E-state index is 0.450. The standard InChI is InChI=1S/C15H24O2/c1-6-9-17-15-11(5)10(4)14(16)12(7-2)13(15)8-3/h16H,6-9H2,1-5H3. The van der Waals surface area contributed by atoms with E-state index in [0.29, 0.717) is 5.75 Å². The van der Waals surface area contributed by atoms with Crippen LogP contribution in [-0.2, 0) is 12.8 Å². The smallest absolute Gasteiger partial charge is 0.126 e. The Morgan fingerprint density at radius 2 is 1.53 bits per heavy atom. The summed E-state index contributed by atoms with van der Waals surface area (Å²) in [5.41, 5.74) is 4.23. The van der Waals surface area contributed by atoms with Gasteiger partial charge in [0, 0.05) is 11.1 Å². The van der Waals surface area contributed by atoms with E-state index in [1.165, 1.54) is 5.56 Å². The van der Waals surface area contributed by atoms with Crippen molar-refractivity contribution in [3.63, 3.8) is 0 Å². The molecule has 0 aliphatic rings. The normalized spacial score (nSPS) is 10.6. The Kier molecular flexibility index (Phi) is 4.86. The molecule has 0 atom stereocenters. The fourth-order valence-electron chi connectivity index (χ4n) is 2.23. The summed E-state index contributed by atoms with van der Waals surface area (Å²) in [5.74, 6) is 1.44. The molecule has 0 spiro atoms. The van der Waals surface area contributed by atoms with Gasteiger partial charge in [-0.1, -0.05) is 20.8 Å². The lowest BCUT2D eigenvalue weighted by Crippen LogP contribution is -2.05. The fourth-order valence-corrected chi connectivity index (χ4v) is 2.23. The minimum Gasteiger partial charge on any atom is -0.507 e. The molecule has 1 aromatic carbocycles. The van der Waals surface area contributed by atoms with Gasteiger partial charge in [-0.25, -0.2) is 0 Å². The highest BCUT2D eigenvalue weighted by Crippen LogP contribution is 2.38. The maximum absolute atomic E-state index is 10.2. The van der Waals surface area contributed by atoms with Crippen molar-refractivity contribution in [1.29, 1.82) is 0 Å². The van der Waals surface area contributed by atoms with Gasteiger partial charge in [0.15, 0.2) is 0 Å². The van der Waals surface area contributed by atoms with Crippen LogP contribution < -0.4 is 4.74 Å². The third-order valence-electron chi connectivity index (χ3n) is 3.34. The third kappa shape index (κ3) is 2.56. The average molecular weight is 236 g/mol. The van der Waals surface area contributed by atoms with Gasteiger partial charge in [0.25, 0.3) is 0 Å². The summed E-state index contributed by atoms with van der Waals surface area (Å²) in [7, 11) is 0. The van der Waals surface area contributed by atoms with E-state index in [0.717, 1.165) is 48.3 Å². The van der Waals surface area contributed by atoms with Crippen LogP contribution in [0.1, 0.15) is 49.4 Å². The quantitative estimate of drug-likeness (QED) is 0.839. The van der Waals surface area contributed by atoms with Gasteiger partial charge in [-0.3, -0.25) is 0 Å². The van der Waals surface area contributed by atoms with Crippen LogP contribution >= 0.6 is 0 Å². The molecule has 0 radical (unpaired) electrons. The van der Waals surface area contributed by atoms with Crippen LogP contribution in [0, 0.1) is 13.8 Å². The van der Waals surface area contributed by atoms with E-state index in [4.69, 9.17) is 4.74 Å². The summed E-state index contributed by atoms with van der Waals surface area (Å²) in [6, 6.07) is 0. The maximum atomic E-state index is 10.2. The van der Waals surface area contributed by atoms with Gasteiger partial charge >= 0.3 is 0 Å². The first-order valence-corrected chi connectivity index (χ1v) is 6.54. The highest BCUT2D eigenvalue weighted by molar-refractivity contribution is 5.57. The van der Waals surface area contributed by atoms with Crippen molar-refractivity contribution >= 4 is 0 Å². The third-order valence-corrected chi connectivity index (χ3v) is 3.34. The topological polar surface area (TPSA) is 29.5 Å². The summed E-state index contributed by atoms with van der Waals surface area (Å²) >= 11 is 0. The van der Waals surface area contributed by atoms with Crippen LogP contribution in [0.15, 0.2) is 0 Å². The molecule has 1 rings (SSSR count). The lowest BCUT2D eigenvalue weighted by Gasteiger charge is -2.20. The molecular formula is C15H24O2. The van der Waals surface area contributed by atoms with Crippen molar-refractivity contribution in [3.05, 3.63) is 22.3 Å². The second-order valence-electron chi connectivity index (χ2n) is 4.44. The second-order valence-corrected chi connectivity index (χ2v) is 4.44. The van der Waals surface area contributed by atoms with Crippen LogP contribution in [0.25, 0.3) is 0 Å². The second kappa shape index (κ2) is 5.95. The van der Waals surface area contributed by atoms with Crippen molar-refractivity contribution in [3.8, 4) is 11.5 Å². The molecule has 2 nitrogen and oxygen atoms in total. The van der Waals surface area contributed by atoms with Crippen molar-refractivity contribution in [2.45, 2.75) is 53.9 Å². The summed E-state index contributed by atoms with van der Waals surface area (Å²) < 4.78 is 5.88. The van der Waals surface area contributed by atoms with E-state index in [9.17, 15) is 5.11 Å². The van der Waals surface area contributed by atoms with Crippen LogP contribution in [0.4, 0.5) is 0 Å². The van der Waals surface area contributed by atoms with Crippen molar-refractivity contribution in [1.82, 2.24) is 0 Å². The monoisotopic (exact) mass is 236 g/mol. The lowest BCUT2D eigenvalue weighted by molar-refractivity contribution is 0.310. The highest BCUT2D eigenvalue weighted by atomic mass is 16.5. The van der Waals surface area contributed by atoms with Gasteiger partial charge in [-0.05, 0) is 44.2 Å². The van der Waals surface area contributed by atoms with Crippen molar-refractivity contribution in [2.75, 3.05) is 6.61 Å². The summed E-state index contributed by atoms with van der Waals surface area (Å²) in [4.78, 5) is 0. The van der Waals surface area contributed by atoms with Gasteiger partial charge in [0.05, 0.1) is 6.61 Å². The van der Waals surface area contributed by atoms with E-state index in [-0.39, 0.29) is 0 Å². The van der Waals surface area contributed by atoms with Gasteiger partial charge in [-0.2, -0.15) is 0 Å². The number of benzene rings is 1. The summed E-state index contributed by atoms with van der Waals surface area (Å²) in [5, 5.41) is 10.2. The molecule has 2 heteroatoms. The molecule has 0 bridgehead atoms. The zero-order valence-electron chi connectivity index (χ0n) is 11.7. The molecular weight excluding hydrogens is 212 g/mol. The molecule has 17 heavy (non-hydrogen) atoms. The first kappa shape index (κ1) is 13.9. The van der Waals surface area contributed by atoms with Gasteiger partial charge in [0.2, 0.25) is 0 Å². The number of hydrogen-bond donors (Lipinski definition) is 1. The molecule has 1 N–H and O–H groups in total. The van der Waals surface area contributed by atoms with Gasteiger partial charge in [-0.15, -0.1) is 0 Å². The molecule has 0 saturated heterocycles. The first-order valence-electron chi connectivity index (χ1n) is 6.54. The zero-order chi connectivity index (χ0) is 13.0. The Balaban J connectivity index is 3.39. The van der Waals surface area contributed by atoms with Gasteiger partial charge in [0.1, 0.15) is 11.5 Å². The molecule has 0 saturated carbocycles. The number of aromatic hydroxyl groups is 1. The van der Waals surface area contributed by atoms with E-state index in [2.05, 4.69) is 20.8 Å². The van der Waals surface area contributed by atoms with Crippen LogP contribution in [0.5, 0.6) is 11.5 Å². The highest BCUT2D eigenvalue weighted by Gasteiger charge is 2.18. The zero-order valence-corrected chi connectivity index (χ0v) is 11.7. The predicted octanol–water partition coefficient (Wildman–Crippen LogP) is 3.92. The summed E-state index contributed by atoms with van der Waals surface area (Å²) in [6.07, 6.45) is 2.75. The largest absolute Gasteiger partial charge is 0.507 e. The SMILES string of the molecule is CCCOc1c(C)c(C)c(O)c(CC)c1CC. The van der Waals surface area contributed by atoms with Crippen molar-refractivity contribution < 1.29 is 9.84 Å². The van der Waals surface area contributed by atoms with Crippen LogP contribution in [0.3, 0.4) is 0 Å². The van der Waals surface area contributed by atoms with E-state index in [1.54, 1.807) is 0 Å². The predicted molar refractivity (Wildman–Crippen MR) is 72.1 cm³/mol. The molecule has 0 heterocycles. The lowest BCUT2D eigenvalue weighted by atomic mass is 9.93. The molecule has 0 aliphatic carbocycles. The molecule has 0 aliphatic heterocycles. The summed E-state index contributed by atoms with van der Waals surface area (Å²) in [6.45, 7) is 11.0. The Labute approximate surface area is 105 Å². The number of hydrogen-bond acceptors (Lipinski definition) is 2. The van der Waals surface area contributed by atoms with E-state index < -0.39 is 0 Å². The Morgan fingerprint density at radius 3 is 2.00 bits per heavy atom.